The molecule has 104 valence electrons. The molecule has 0 atom stereocenters. The first-order chi connectivity index (χ1) is 9.60. The highest BCUT2D eigenvalue weighted by molar-refractivity contribution is 6.52. The van der Waals surface area contributed by atoms with Crippen LogP contribution >= 0.6 is 0 Å². The third kappa shape index (κ3) is 2.34. The molecule has 1 heterocycles. The molecule has 0 fully saturated rings. The maximum Gasteiger partial charge on any atom is 0.333 e. The first-order valence-corrected chi connectivity index (χ1v) is 6.32. The van der Waals surface area contributed by atoms with Crippen molar-refractivity contribution in [3.63, 3.8) is 0 Å². The van der Waals surface area contributed by atoms with Gasteiger partial charge in [-0.1, -0.05) is 25.1 Å². The van der Waals surface area contributed by atoms with Gasteiger partial charge < -0.3 is 9.64 Å². The molecule has 1 amide bonds. The molecule has 1 aliphatic rings. The van der Waals surface area contributed by atoms with Crippen LogP contribution in [-0.4, -0.2) is 31.3 Å². The average molecular weight is 273 g/mol. The fourth-order valence-corrected chi connectivity index (χ4v) is 2.13. The SMILES string of the molecule is CCC(=CCN1C(=O)C(=O)c2ccccc21)C(=O)OC. The Morgan fingerprint density at radius 3 is 2.65 bits per heavy atom. The van der Waals surface area contributed by atoms with Gasteiger partial charge in [-0.3, -0.25) is 9.59 Å². The summed E-state index contributed by atoms with van der Waals surface area (Å²) in [4.78, 5) is 36.6. The minimum Gasteiger partial charge on any atom is -0.466 e. The Labute approximate surface area is 116 Å². The van der Waals surface area contributed by atoms with Gasteiger partial charge in [0.25, 0.3) is 11.7 Å². The number of hydrogen-bond acceptors (Lipinski definition) is 4. The van der Waals surface area contributed by atoms with E-state index in [4.69, 9.17) is 0 Å². The predicted octanol–water partition coefficient (Wildman–Crippen LogP) is 1.73. The molecular formula is C15H15NO4. The number of ketones is 1. The van der Waals surface area contributed by atoms with Crippen LogP contribution in [0.4, 0.5) is 5.69 Å². The first-order valence-electron chi connectivity index (χ1n) is 6.32. The van der Waals surface area contributed by atoms with Gasteiger partial charge in [-0.2, -0.15) is 0 Å². The fourth-order valence-electron chi connectivity index (χ4n) is 2.13. The molecule has 0 saturated carbocycles. The molecule has 5 heteroatoms. The average Bonchev–Trinajstić information content (AvgIpc) is 2.72. The zero-order valence-electron chi connectivity index (χ0n) is 11.4. The Balaban J connectivity index is 2.26. The van der Waals surface area contributed by atoms with Crippen molar-refractivity contribution in [2.45, 2.75) is 13.3 Å². The van der Waals surface area contributed by atoms with Gasteiger partial charge in [-0.15, -0.1) is 0 Å². The molecule has 5 nitrogen and oxygen atoms in total. The summed E-state index contributed by atoms with van der Waals surface area (Å²) in [6.45, 7) is 2.01. The number of fused-ring (bicyclic) bond motifs is 1. The predicted molar refractivity (Wildman–Crippen MR) is 73.5 cm³/mol. The molecule has 0 aliphatic carbocycles. The largest absolute Gasteiger partial charge is 0.466 e. The van der Waals surface area contributed by atoms with Crippen molar-refractivity contribution in [1.29, 1.82) is 0 Å². The Hall–Kier alpha value is -2.43. The number of amides is 1. The summed E-state index contributed by atoms with van der Waals surface area (Å²) in [6, 6.07) is 6.83. The molecule has 0 saturated heterocycles. The van der Waals surface area contributed by atoms with E-state index in [1.54, 1.807) is 30.3 Å². The number of ether oxygens (including phenoxy) is 1. The van der Waals surface area contributed by atoms with E-state index in [9.17, 15) is 14.4 Å². The lowest BCUT2D eigenvalue weighted by Gasteiger charge is -2.14. The number of esters is 1. The van der Waals surface area contributed by atoms with Crippen LogP contribution in [0.1, 0.15) is 23.7 Å². The number of nitrogens with zero attached hydrogens (tertiary/aromatic N) is 1. The maximum absolute atomic E-state index is 11.9. The van der Waals surface area contributed by atoms with Crippen molar-refractivity contribution in [2.75, 3.05) is 18.6 Å². The normalized spacial score (nSPS) is 14.5. The molecule has 0 aromatic heterocycles. The van der Waals surface area contributed by atoms with Gasteiger partial charge in [-0.25, -0.2) is 4.79 Å². The van der Waals surface area contributed by atoms with E-state index in [2.05, 4.69) is 4.74 Å². The highest BCUT2D eigenvalue weighted by Crippen LogP contribution is 2.28. The summed E-state index contributed by atoms with van der Waals surface area (Å²) in [5.41, 5.74) is 1.47. The Morgan fingerprint density at radius 1 is 1.30 bits per heavy atom. The van der Waals surface area contributed by atoms with E-state index in [0.717, 1.165) is 0 Å². The monoisotopic (exact) mass is 273 g/mol. The molecule has 1 aromatic carbocycles. The lowest BCUT2D eigenvalue weighted by atomic mass is 10.1. The number of methoxy groups -OCH3 is 1. The summed E-state index contributed by atoms with van der Waals surface area (Å²) >= 11 is 0. The zero-order valence-corrected chi connectivity index (χ0v) is 11.4. The Kier molecular flexibility index (Phi) is 3.98. The van der Waals surface area contributed by atoms with Crippen LogP contribution in [0.15, 0.2) is 35.9 Å². The summed E-state index contributed by atoms with van der Waals surface area (Å²) in [6.07, 6.45) is 2.13. The standard InChI is InChI=1S/C15H15NO4/c1-3-10(15(19)20-2)8-9-16-12-7-5-4-6-11(12)13(17)14(16)18/h4-8H,3,9H2,1-2H3. The molecule has 0 bridgehead atoms. The van der Waals surface area contributed by atoms with Gasteiger partial charge in [0, 0.05) is 12.1 Å². The second kappa shape index (κ2) is 5.69. The zero-order chi connectivity index (χ0) is 14.7. The molecular weight excluding hydrogens is 258 g/mol. The van der Waals surface area contributed by atoms with Crippen LogP contribution in [0.3, 0.4) is 0 Å². The van der Waals surface area contributed by atoms with Gasteiger partial charge in [-0.05, 0) is 18.6 Å². The number of carbonyl (C=O) groups excluding carboxylic acids is 3. The van der Waals surface area contributed by atoms with Crippen molar-refractivity contribution in [2.24, 2.45) is 0 Å². The summed E-state index contributed by atoms with van der Waals surface area (Å²) < 4.78 is 4.66. The van der Waals surface area contributed by atoms with E-state index >= 15 is 0 Å². The van der Waals surface area contributed by atoms with Crippen LogP contribution in [-0.2, 0) is 14.3 Å². The van der Waals surface area contributed by atoms with Crippen molar-refractivity contribution in [3.05, 3.63) is 41.5 Å². The number of rotatable bonds is 4. The minimum atomic E-state index is -0.567. The van der Waals surface area contributed by atoms with Crippen molar-refractivity contribution < 1.29 is 19.1 Å². The van der Waals surface area contributed by atoms with E-state index in [-0.39, 0.29) is 6.54 Å². The van der Waals surface area contributed by atoms with Crippen LogP contribution in [0.5, 0.6) is 0 Å². The van der Waals surface area contributed by atoms with Gasteiger partial charge in [0.1, 0.15) is 0 Å². The first kappa shape index (κ1) is 14.0. The van der Waals surface area contributed by atoms with E-state index in [1.807, 2.05) is 6.92 Å². The van der Waals surface area contributed by atoms with Gasteiger partial charge in [0.15, 0.2) is 0 Å². The molecule has 20 heavy (non-hydrogen) atoms. The molecule has 0 unspecified atom stereocenters. The van der Waals surface area contributed by atoms with E-state index in [0.29, 0.717) is 23.2 Å². The lowest BCUT2D eigenvalue weighted by Crippen LogP contribution is -2.30. The smallest absolute Gasteiger partial charge is 0.333 e. The van der Waals surface area contributed by atoms with Crippen LogP contribution < -0.4 is 4.90 Å². The second-order valence-electron chi connectivity index (χ2n) is 4.34. The highest BCUT2D eigenvalue weighted by atomic mass is 16.5. The molecule has 2 rings (SSSR count). The number of anilines is 1. The van der Waals surface area contributed by atoms with Crippen LogP contribution in [0, 0.1) is 0 Å². The topological polar surface area (TPSA) is 63.7 Å². The number of para-hydroxylation sites is 1. The number of hydrogen-bond donors (Lipinski definition) is 0. The molecule has 0 spiro atoms. The van der Waals surface area contributed by atoms with Crippen molar-refractivity contribution in [3.8, 4) is 0 Å². The van der Waals surface area contributed by atoms with Crippen LogP contribution in [0.25, 0.3) is 0 Å². The van der Waals surface area contributed by atoms with Crippen molar-refractivity contribution in [1.82, 2.24) is 0 Å². The third-order valence-electron chi connectivity index (χ3n) is 3.23. The minimum absolute atomic E-state index is 0.180. The number of benzene rings is 1. The maximum atomic E-state index is 11.9. The Bertz CT molecular complexity index is 604. The molecule has 1 aliphatic heterocycles. The van der Waals surface area contributed by atoms with Gasteiger partial charge in [0.2, 0.25) is 0 Å². The third-order valence-corrected chi connectivity index (χ3v) is 3.23. The van der Waals surface area contributed by atoms with E-state index in [1.165, 1.54) is 12.0 Å². The van der Waals surface area contributed by atoms with Crippen LogP contribution in [0.2, 0.25) is 0 Å². The van der Waals surface area contributed by atoms with Crippen molar-refractivity contribution >= 4 is 23.3 Å². The highest BCUT2D eigenvalue weighted by Gasteiger charge is 2.34. The fraction of sp³-hybridized carbons (Fsp3) is 0.267. The van der Waals surface area contributed by atoms with Gasteiger partial charge >= 0.3 is 5.97 Å². The van der Waals surface area contributed by atoms with E-state index < -0.39 is 17.7 Å². The molecule has 0 N–H and O–H groups in total. The summed E-state index contributed by atoms with van der Waals surface area (Å²) in [5, 5.41) is 0. The Morgan fingerprint density at radius 2 is 2.00 bits per heavy atom. The van der Waals surface area contributed by atoms with Gasteiger partial charge in [0.05, 0.1) is 18.4 Å². The molecule has 0 radical (unpaired) electrons. The summed E-state index contributed by atoms with van der Waals surface area (Å²) in [7, 11) is 1.31. The quantitative estimate of drug-likeness (QED) is 0.476. The lowest BCUT2D eigenvalue weighted by molar-refractivity contribution is -0.136. The molecule has 1 aromatic rings. The summed E-state index contributed by atoms with van der Waals surface area (Å²) in [5.74, 6) is -1.49. The number of Topliss-reactive ketones (excluding diaryl/α,β-unsaturated/α-hetero) is 1. The second-order valence-corrected chi connectivity index (χ2v) is 4.34. The number of carbonyl (C=O) groups is 3.